The van der Waals surface area contributed by atoms with Crippen LogP contribution in [-0.4, -0.2) is 48.2 Å². The van der Waals surface area contributed by atoms with Crippen molar-refractivity contribution in [1.82, 2.24) is 4.90 Å². The van der Waals surface area contributed by atoms with Crippen molar-refractivity contribution >= 4 is 11.9 Å². The molecule has 1 fully saturated rings. The highest BCUT2D eigenvalue weighted by atomic mass is 16.6. The van der Waals surface area contributed by atoms with Gasteiger partial charge >= 0.3 is 6.09 Å². The third-order valence-corrected chi connectivity index (χ3v) is 2.70. The summed E-state index contributed by atoms with van der Waals surface area (Å²) >= 11 is 0. The number of ketones is 1. The molecule has 1 saturated heterocycles. The molecule has 5 heteroatoms. The highest BCUT2D eigenvalue weighted by Crippen LogP contribution is 2.21. The Kier molecular flexibility index (Phi) is 5.14. The summed E-state index contributed by atoms with van der Waals surface area (Å²) in [5.74, 6) is -0.0415. The molecule has 1 amide bonds. The van der Waals surface area contributed by atoms with Crippen LogP contribution in [0.1, 0.15) is 40.5 Å². The second-order valence-electron chi connectivity index (χ2n) is 5.44. The average Bonchev–Trinajstić information content (AvgIpc) is 2.72. The number of Topliss-reactive ketones (excluding diaryl/α,β-unsaturated/α-hetero) is 1. The van der Waals surface area contributed by atoms with Crippen LogP contribution in [0.2, 0.25) is 0 Å². The van der Waals surface area contributed by atoms with E-state index < -0.39 is 11.7 Å². The summed E-state index contributed by atoms with van der Waals surface area (Å²) in [6.45, 7) is 8.45. The Hall–Kier alpha value is -1.10. The summed E-state index contributed by atoms with van der Waals surface area (Å²) in [7, 11) is 0. The Balaban J connectivity index is 2.59. The zero-order valence-corrected chi connectivity index (χ0v) is 11.7. The molecule has 18 heavy (non-hydrogen) atoms. The first-order valence-electron chi connectivity index (χ1n) is 6.45. The second-order valence-corrected chi connectivity index (χ2v) is 5.44. The van der Waals surface area contributed by atoms with Gasteiger partial charge in [-0.2, -0.15) is 0 Å². The minimum absolute atomic E-state index is 0.0415. The predicted octanol–water partition coefficient (Wildman–Crippen LogP) is 1.99. The van der Waals surface area contributed by atoms with Gasteiger partial charge in [-0.1, -0.05) is 0 Å². The van der Waals surface area contributed by atoms with Crippen molar-refractivity contribution in [2.45, 2.75) is 52.2 Å². The van der Waals surface area contributed by atoms with E-state index in [1.54, 1.807) is 0 Å². The molecule has 0 aliphatic carbocycles. The third kappa shape index (κ3) is 4.29. The summed E-state index contributed by atoms with van der Waals surface area (Å²) in [4.78, 5) is 25.4. The molecule has 0 spiro atoms. The van der Waals surface area contributed by atoms with Crippen molar-refractivity contribution in [2.24, 2.45) is 0 Å². The molecule has 1 unspecified atom stereocenters. The van der Waals surface area contributed by atoms with E-state index in [0.717, 1.165) is 6.42 Å². The SMILES string of the molecule is CCOCC(=O)C1CCCN1C(=O)OC(C)(C)C. The van der Waals surface area contributed by atoms with Crippen molar-refractivity contribution in [3.05, 3.63) is 0 Å². The van der Waals surface area contributed by atoms with Crippen LogP contribution >= 0.6 is 0 Å². The predicted molar refractivity (Wildman–Crippen MR) is 67.5 cm³/mol. The van der Waals surface area contributed by atoms with E-state index in [4.69, 9.17) is 9.47 Å². The summed E-state index contributed by atoms with van der Waals surface area (Å²) in [5, 5.41) is 0. The first-order chi connectivity index (χ1) is 8.35. The topological polar surface area (TPSA) is 55.8 Å². The standard InChI is InChI=1S/C13H23NO4/c1-5-17-9-11(15)10-7-6-8-14(10)12(16)18-13(2,3)4/h10H,5-9H2,1-4H3. The molecular weight excluding hydrogens is 234 g/mol. The van der Waals surface area contributed by atoms with E-state index in [9.17, 15) is 9.59 Å². The smallest absolute Gasteiger partial charge is 0.410 e. The molecule has 0 N–H and O–H groups in total. The van der Waals surface area contributed by atoms with Gasteiger partial charge in [0.2, 0.25) is 0 Å². The van der Waals surface area contributed by atoms with Gasteiger partial charge in [0.25, 0.3) is 0 Å². The number of nitrogens with zero attached hydrogens (tertiary/aromatic N) is 1. The molecule has 1 heterocycles. The fraction of sp³-hybridized carbons (Fsp3) is 0.846. The lowest BCUT2D eigenvalue weighted by Crippen LogP contribution is -2.44. The summed E-state index contributed by atoms with van der Waals surface area (Å²) in [6.07, 6.45) is 1.13. The van der Waals surface area contributed by atoms with Crippen molar-refractivity contribution in [2.75, 3.05) is 19.8 Å². The first kappa shape index (κ1) is 15.0. The Morgan fingerprint density at radius 2 is 2.00 bits per heavy atom. The third-order valence-electron chi connectivity index (χ3n) is 2.70. The van der Waals surface area contributed by atoms with Gasteiger partial charge in [-0.3, -0.25) is 9.69 Å². The maximum absolute atomic E-state index is 12.0. The van der Waals surface area contributed by atoms with E-state index in [1.807, 2.05) is 27.7 Å². The van der Waals surface area contributed by atoms with Crippen molar-refractivity contribution < 1.29 is 19.1 Å². The van der Waals surface area contributed by atoms with Crippen LogP contribution in [0.25, 0.3) is 0 Å². The van der Waals surface area contributed by atoms with Gasteiger partial charge < -0.3 is 9.47 Å². The monoisotopic (exact) mass is 257 g/mol. The number of likely N-dealkylation sites (tertiary alicyclic amines) is 1. The highest BCUT2D eigenvalue weighted by Gasteiger charge is 2.36. The largest absolute Gasteiger partial charge is 0.444 e. The van der Waals surface area contributed by atoms with Crippen LogP contribution in [0.3, 0.4) is 0 Å². The Morgan fingerprint density at radius 1 is 1.33 bits per heavy atom. The van der Waals surface area contributed by atoms with Gasteiger partial charge in [0, 0.05) is 13.2 Å². The molecule has 0 aromatic heterocycles. The van der Waals surface area contributed by atoms with Crippen LogP contribution in [0.5, 0.6) is 0 Å². The number of carbonyl (C=O) groups excluding carboxylic acids is 2. The van der Waals surface area contributed by atoms with E-state index in [0.29, 0.717) is 19.6 Å². The van der Waals surface area contributed by atoms with Gasteiger partial charge in [0.15, 0.2) is 5.78 Å². The zero-order valence-electron chi connectivity index (χ0n) is 11.7. The minimum Gasteiger partial charge on any atom is -0.444 e. The lowest BCUT2D eigenvalue weighted by molar-refractivity contribution is -0.127. The number of amides is 1. The van der Waals surface area contributed by atoms with E-state index in [2.05, 4.69) is 0 Å². The van der Waals surface area contributed by atoms with Crippen LogP contribution in [0.4, 0.5) is 4.79 Å². The molecule has 0 saturated carbocycles. The van der Waals surface area contributed by atoms with Gasteiger partial charge in [-0.25, -0.2) is 4.79 Å². The van der Waals surface area contributed by atoms with Crippen LogP contribution < -0.4 is 0 Å². The maximum atomic E-state index is 12.0. The Bertz CT molecular complexity index is 309. The quantitative estimate of drug-likeness (QED) is 0.773. The first-order valence-corrected chi connectivity index (χ1v) is 6.45. The Labute approximate surface area is 108 Å². The number of hydrogen-bond acceptors (Lipinski definition) is 4. The van der Waals surface area contributed by atoms with Crippen molar-refractivity contribution in [3.8, 4) is 0 Å². The molecule has 1 rings (SSSR count). The fourth-order valence-electron chi connectivity index (χ4n) is 1.94. The number of rotatable bonds is 4. The number of ether oxygens (including phenoxy) is 2. The lowest BCUT2D eigenvalue weighted by Gasteiger charge is -2.27. The average molecular weight is 257 g/mol. The normalized spacial score (nSPS) is 20.0. The molecule has 104 valence electrons. The highest BCUT2D eigenvalue weighted by molar-refractivity contribution is 5.88. The van der Waals surface area contributed by atoms with Crippen molar-refractivity contribution in [3.63, 3.8) is 0 Å². The molecule has 1 aliphatic heterocycles. The lowest BCUT2D eigenvalue weighted by atomic mass is 10.1. The number of carbonyl (C=O) groups is 2. The van der Waals surface area contributed by atoms with Gasteiger partial charge in [0.05, 0.1) is 6.04 Å². The van der Waals surface area contributed by atoms with E-state index >= 15 is 0 Å². The Morgan fingerprint density at radius 3 is 2.56 bits per heavy atom. The molecule has 0 aromatic rings. The molecule has 0 aromatic carbocycles. The second kappa shape index (κ2) is 6.18. The molecule has 0 radical (unpaired) electrons. The van der Waals surface area contributed by atoms with Crippen LogP contribution in [-0.2, 0) is 14.3 Å². The summed E-state index contributed by atoms with van der Waals surface area (Å²) < 4.78 is 10.4. The molecule has 1 aliphatic rings. The van der Waals surface area contributed by atoms with E-state index in [-0.39, 0.29) is 18.4 Å². The van der Waals surface area contributed by atoms with Gasteiger partial charge in [0.1, 0.15) is 12.2 Å². The fourth-order valence-corrected chi connectivity index (χ4v) is 1.94. The molecule has 5 nitrogen and oxygen atoms in total. The summed E-state index contributed by atoms with van der Waals surface area (Å²) in [5.41, 5.74) is -0.535. The van der Waals surface area contributed by atoms with Gasteiger partial charge in [-0.05, 0) is 40.5 Å². The van der Waals surface area contributed by atoms with Crippen molar-refractivity contribution in [1.29, 1.82) is 0 Å². The van der Waals surface area contributed by atoms with Gasteiger partial charge in [-0.15, -0.1) is 0 Å². The summed E-state index contributed by atoms with van der Waals surface area (Å²) in [6, 6.07) is -0.383. The van der Waals surface area contributed by atoms with Crippen LogP contribution in [0.15, 0.2) is 0 Å². The maximum Gasteiger partial charge on any atom is 0.410 e. The van der Waals surface area contributed by atoms with Crippen LogP contribution in [0, 0.1) is 0 Å². The van der Waals surface area contributed by atoms with E-state index in [1.165, 1.54) is 4.90 Å². The number of hydrogen-bond donors (Lipinski definition) is 0. The zero-order chi connectivity index (χ0) is 13.8. The molecule has 0 bridgehead atoms. The molecular formula is C13H23NO4. The molecule has 1 atom stereocenters. The minimum atomic E-state index is -0.535.